The van der Waals surface area contributed by atoms with Crippen molar-refractivity contribution in [2.75, 3.05) is 13.2 Å². The van der Waals surface area contributed by atoms with Gasteiger partial charge in [-0.1, -0.05) is 18.3 Å². The molecule has 0 radical (unpaired) electrons. The Morgan fingerprint density at radius 3 is 2.83 bits per heavy atom. The van der Waals surface area contributed by atoms with E-state index in [0.717, 1.165) is 0 Å². The maximum absolute atomic E-state index is 13.4. The van der Waals surface area contributed by atoms with E-state index in [0.29, 0.717) is 30.3 Å². The van der Waals surface area contributed by atoms with Crippen molar-refractivity contribution >= 4 is 0 Å². The van der Waals surface area contributed by atoms with Crippen LogP contribution in [0.2, 0.25) is 0 Å². The van der Waals surface area contributed by atoms with Gasteiger partial charge in [-0.3, -0.25) is 0 Å². The second-order valence-electron chi connectivity index (χ2n) is 4.56. The van der Waals surface area contributed by atoms with Crippen LogP contribution in [-0.4, -0.2) is 18.3 Å². The van der Waals surface area contributed by atoms with Crippen LogP contribution in [0, 0.1) is 23.6 Å². The molecule has 0 saturated heterocycles. The maximum atomic E-state index is 13.4. The smallest absolute Gasteiger partial charge is 0.128 e. The molecular formula is C15H17FO2. The maximum Gasteiger partial charge on any atom is 0.128 e. The molecule has 0 heterocycles. The van der Waals surface area contributed by atoms with Gasteiger partial charge in [0.25, 0.3) is 0 Å². The lowest BCUT2D eigenvalue weighted by molar-refractivity contribution is 0.180. The Kier molecular flexibility index (Phi) is 4.60. The standard InChI is InChI=1S/C15H17FO2/c16-14-8-13(4-1-2-7-17)9-15(10-14)18-11-12-5-3-6-12/h8-10,12,17H,2-3,5-7,11H2. The fraction of sp³-hybridized carbons (Fsp3) is 0.467. The van der Waals surface area contributed by atoms with Gasteiger partial charge in [-0.05, 0) is 30.9 Å². The summed E-state index contributed by atoms with van der Waals surface area (Å²) in [6.45, 7) is 0.681. The van der Waals surface area contributed by atoms with Crippen LogP contribution in [0.1, 0.15) is 31.2 Å². The van der Waals surface area contributed by atoms with Crippen LogP contribution in [0.5, 0.6) is 5.75 Å². The minimum Gasteiger partial charge on any atom is -0.493 e. The molecule has 1 saturated carbocycles. The van der Waals surface area contributed by atoms with E-state index >= 15 is 0 Å². The van der Waals surface area contributed by atoms with Gasteiger partial charge in [-0.2, -0.15) is 0 Å². The Morgan fingerprint density at radius 1 is 1.33 bits per heavy atom. The first-order chi connectivity index (χ1) is 8.78. The molecule has 2 nitrogen and oxygen atoms in total. The molecule has 0 unspecified atom stereocenters. The third kappa shape index (κ3) is 3.75. The normalized spacial score (nSPS) is 14.6. The van der Waals surface area contributed by atoms with E-state index in [1.807, 2.05) is 0 Å². The summed E-state index contributed by atoms with van der Waals surface area (Å²) in [5.74, 6) is 6.40. The summed E-state index contributed by atoms with van der Waals surface area (Å²) < 4.78 is 18.9. The zero-order chi connectivity index (χ0) is 12.8. The molecule has 0 aliphatic heterocycles. The van der Waals surface area contributed by atoms with Crippen molar-refractivity contribution in [3.05, 3.63) is 29.6 Å². The third-order valence-corrected chi connectivity index (χ3v) is 3.05. The summed E-state index contributed by atoms with van der Waals surface area (Å²) in [6, 6.07) is 4.50. The molecule has 1 aromatic carbocycles. The molecular weight excluding hydrogens is 231 g/mol. The van der Waals surface area contributed by atoms with Gasteiger partial charge in [-0.25, -0.2) is 4.39 Å². The van der Waals surface area contributed by atoms with Gasteiger partial charge in [0, 0.05) is 18.1 Å². The summed E-state index contributed by atoms with van der Waals surface area (Å²) in [7, 11) is 0. The van der Waals surface area contributed by atoms with E-state index in [2.05, 4.69) is 11.8 Å². The van der Waals surface area contributed by atoms with Crippen LogP contribution in [0.25, 0.3) is 0 Å². The van der Waals surface area contributed by atoms with Crippen molar-refractivity contribution < 1.29 is 14.2 Å². The van der Waals surface area contributed by atoms with E-state index in [4.69, 9.17) is 9.84 Å². The lowest BCUT2D eigenvalue weighted by Gasteiger charge is -2.25. The van der Waals surface area contributed by atoms with Crippen LogP contribution in [0.15, 0.2) is 18.2 Å². The predicted octanol–water partition coefficient (Wildman–Crippen LogP) is 2.74. The number of aliphatic hydroxyl groups excluding tert-OH is 1. The molecule has 3 heteroatoms. The molecule has 0 spiro atoms. The molecule has 0 amide bonds. The van der Waals surface area contributed by atoms with Crippen LogP contribution >= 0.6 is 0 Å². The monoisotopic (exact) mass is 248 g/mol. The highest BCUT2D eigenvalue weighted by molar-refractivity contribution is 5.40. The molecule has 0 aromatic heterocycles. The highest BCUT2D eigenvalue weighted by Crippen LogP contribution is 2.27. The minimum absolute atomic E-state index is 0.0212. The van der Waals surface area contributed by atoms with Crippen molar-refractivity contribution in [2.24, 2.45) is 5.92 Å². The van der Waals surface area contributed by atoms with Crippen LogP contribution in [0.3, 0.4) is 0 Å². The summed E-state index contributed by atoms with van der Waals surface area (Å²) in [4.78, 5) is 0. The van der Waals surface area contributed by atoms with E-state index in [9.17, 15) is 4.39 Å². The number of aliphatic hydroxyl groups is 1. The van der Waals surface area contributed by atoms with Crippen molar-refractivity contribution in [3.8, 4) is 17.6 Å². The molecule has 96 valence electrons. The van der Waals surface area contributed by atoms with E-state index in [1.165, 1.54) is 31.4 Å². The summed E-state index contributed by atoms with van der Waals surface area (Å²) in [6.07, 6.45) is 4.08. The van der Waals surface area contributed by atoms with Crippen molar-refractivity contribution in [2.45, 2.75) is 25.7 Å². The zero-order valence-corrected chi connectivity index (χ0v) is 10.3. The molecule has 0 atom stereocenters. The summed E-state index contributed by atoms with van der Waals surface area (Å²) in [5, 5.41) is 8.63. The first kappa shape index (κ1) is 12.9. The van der Waals surface area contributed by atoms with E-state index in [1.54, 1.807) is 6.07 Å². The summed E-state index contributed by atoms with van der Waals surface area (Å²) in [5.41, 5.74) is 0.590. The van der Waals surface area contributed by atoms with Gasteiger partial charge in [0.05, 0.1) is 13.2 Å². The first-order valence-corrected chi connectivity index (χ1v) is 6.31. The van der Waals surface area contributed by atoms with Crippen molar-refractivity contribution in [1.29, 1.82) is 0 Å². The summed E-state index contributed by atoms with van der Waals surface area (Å²) >= 11 is 0. The van der Waals surface area contributed by atoms with Crippen LogP contribution in [0.4, 0.5) is 4.39 Å². The molecule has 0 bridgehead atoms. The topological polar surface area (TPSA) is 29.5 Å². The average Bonchev–Trinajstić information content (AvgIpc) is 2.26. The second kappa shape index (κ2) is 6.42. The number of ether oxygens (including phenoxy) is 1. The molecule has 2 rings (SSSR count). The van der Waals surface area contributed by atoms with Gasteiger partial charge >= 0.3 is 0 Å². The SMILES string of the molecule is OCCC#Cc1cc(F)cc(OCC2CCC2)c1. The fourth-order valence-electron chi connectivity index (χ4n) is 1.81. The highest BCUT2D eigenvalue weighted by Gasteiger charge is 2.17. The van der Waals surface area contributed by atoms with Gasteiger partial charge in [0.2, 0.25) is 0 Å². The average molecular weight is 248 g/mol. The molecule has 1 aliphatic carbocycles. The van der Waals surface area contributed by atoms with Crippen LogP contribution in [-0.2, 0) is 0 Å². The Morgan fingerprint density at radius 2 is 2.17 bits per heavy atom. The fourth-order valence-corrected chi connectivity index (χ4v) is 1.81. The Bertz CT molecular complexity index is 455. The lowest BCUT2D eigenvalue weighted by atomic mass is 9.86. The van der Waals surface area contributed by atoms with Gasteiger partial charge in [0.1, 0.15) is 11.6 Å². The van der Waals surface area contributed by atoms with Crippen molar-refractivity contribution in [3.63, 3.8) is 0 Å². The van der Waals surface area contributed by atoms with E-state index in [-0.39, 0.29) is 12.4 Å². The lowest BCUT2D eigenvalue weighted by Crippen LogP contribution is -2.19. The number of hydrogen-bond donors (Lipinski definition) is 1. The number of hydrogen-bond acceptors (Lipinski definition) is 2. The molecule has 1 N–H and O–H groups in total. The van der Waals surface area contributed by atoms with Crippen LogP contribution < -0.4 is 4.74 Å². The number of rotatable bonds is 4. The van der Waals surface area contributed by atoms with Gasteiger partial charge in [-0.15, -0.1) is 0 Å². The van der Waals surface area contributed by atoms with Gasteiger partial charge < -0.3 is 9.84 Å². The van der Waals surface area contributed by atoms with E-state index < -0.39 is 0 Å². The Hall–Kier alpha value is -1.53. The van der Waals surface area contributed by atoms with Crippen molar-refractivity contribution in [1.82, 2.24) is 0 Å². The molecule has 1 fully saturated rings. The molecule has 1 aliphatic rings. The van der Waals surface area contributed by atoms with Gasteiger partial charge in [0.15, 0.2) is 0 Å². The zero-order valence-electron chi connectivity index (χ0n) is 10.3. The number of halogens is 1. The predicted molar refractivity (Wildman–Crippen MR) is 67.8 cm³/mol. The minimum atomic E-state index is -0.339. The second-order valence-corrected chi connectivity index (χ2v) is 4.56. The quantitative estimate of drug-likeness (QED) is 0.830. The molecule has 18 heavy (non-hydrogen) atoms. The molecule has 1 aromatic rings. The highest BCUT2D eigenvalue weighted by atomic mass is 19.1. The largest absolute Gasteiger partial charge is 0.493 e. The third-order valence-electron chi connectivity index (χ3n) is 3.05. The Balaban J connectivity index is 1.99. The number of benzene rings is 1. The Labute approximate surface area is 107 Å². The first-order valence-electron chi connectivity index (χ1n) is 6.31.